The SMILES string of the molecule is COC(=O)C(=Cc1cccc(OCC(=O)O)c1)C(=O)OC. The first-order valence-corrected chi connectivity index (χ1v) is 5.81. The fourth-order valence-electron chi connectivity index (χ4n) is 1.43. The van der Waals surface area contributed by atoms with Crippen LogP contribution in [0.5, 0.6) is 5.75 Å². The first kappa shape index (κ1) is 16.2. The molecular weight excluding hydrogens is 280 g/mol. The molecule has 7 heteroatoms. The number of carbonyl (C=O) groups excluding carboxylic acids is 2. The van der Waals surface area contributed by atoms with E-state index in [9.17, 15) is 14.4 Å². The Hall–Kier alpha value is -2.83. The second-order valence-electron chi connectivity index (χ2n) is 3.80. The van der Waals surface area contributed by atoms with Gasteiger partial charge in [0.15, 0.2) is 6.61 Å². The summed E-state index contributed by atoms with van der Waals surface area (Å²) in [5.41, 5.74) is 0.180. The molecule has 0 saturated heterocycles. The van der Waals surface area contributed by atoms with E-state index in [1.165, 1.54) is 12.1 Å². The molecule has 1 N–H and O–H groups in total. The Labute approximate surface area is 120 Å². The maximum absolute atomic E-state index is 11.5. The minimum absolute atomic E-state index is 0.282. The average molecular weight is 294 g/mol. The number of aliphatic carboxylic acids is 1. The van der Waals surface area contributed by atoms with E-state index in [0.717, 1.165) is 14.2 Å². The number of carboxylic acid groups (broad SMARTS) is 1. The molecule has 21 heavy (non-hydrogen) atoms. The smallest absolute Gasteiger partial charge is 0.345 e. The molecule has 0 radical (unpaired) electrons. The largest absolute Gasteiger partial charge is 0.482 e. The molecule has 0 fully saturated rings. The third-order valence-corrected chi connectivity index (χ3v) is 2.34. The fourth-order valence-corrected chi connectivity index (χ4v) is 1.43. The third kappa shape index (κ3) is 4.98. The van der Waals surface area contributed by atoms with Crippen LogP contribution in [0.2, 0.25) is 0 Å². The number of rotatable bonds is 6. The van der Waals surface area contributed by atoms with Crippen LogP contribution < -0.4 is 4.74 Å². The van der Waals surface area contributed by atoms with E-state index in [1.54, 1.807) is 18.2 Å². The zero-order valence-electron chi connectivity index (χ0n) is 11.5. The van der Waals surface area contributed by atoms with Gasteiger partial charge in [0.1, 0.15) is 11.3 Å². The second kappa shape index (κ2) is 7.68. The van der Waals surface area contributed by atoms with Crippen molar-refractivity contribution in [3.05, 3.63) is 35.4 Å². The maximum atomic E-state index is 11.5. The van der Waals surface area contributed by atoms with E-state index in [1.807, 2.05) is 0 Å². The monoisotopic (exact) mass is 294 g/mol. The van der Waals surface area contributed by atoms with Crippen LogP contribution in [0, 0.1) is 0 Å². The highest BCUT2D eigenvalue weighted by molar-refractivity contribution is 6.17. The van der Waals surface area contributed by atoms with Crippen LogP contribution in [-0.2, 0) is 23.9 Å². The molecule has 0 atom stereocenters. The van der Waals surface area contributed by atoms with Crippen LogP contribution in [0.1, 0.15) is 5.56 Å². The summed E-state index contributed by atoms with van der Waals surface area (Å²) in [4.78, 5) is 33.5. The Balaban J connectivity index is 3.04. The van der Waals surface area contributed by atoms with Crippen molar-refractivity contribution in [1.82, 2.24) is 0 Å². The molecule has 0 spiro atoms. The average Bonchev–Trinajstić information content (AvgIpc) is 2.49. The van der Waals surface area contributed by atoms with E-state index in [0.29, 0.717) is 11.3 Å². The molecule has 0 bridgehead atoms. The van der Waals surface area contributed by atoms with Gasteiger partial charge in [-0.2, -0.15) is 0 Å². The van der Waals surface area contributed by atoms with Crippen molar-refractivity contribution in [3.63, 3.8) is 0 Å². The van der Waals surface area contributed by atoms with Crippen molar-refractivity contribution in [2.75, 3.05) is 20.8 Å². The quantitative estimate of drug-likeness (QED) is 0.360. The number of carboxylic acids is 1. The summed E-state index contributed by atoms with van der Waals surface area (Å²) >= 11 is 0. The predicted molar refractivity (Wildman–Crippen MR) is 71.6 cm³/mol. The standard InChI is InChI=1S/C14H14O7/c1-19-13(17)11(14(18)20-2)7-9-4-3-5-10(6-9)21-8-12(15)16/h3-7H,8H2,1-2H3,(H,15,16). The van der Waals surface area contributed by atoms with Gasteiger partial charge in [0.25, 0.3) is 0 Å². The van der Waals surface area contributed by atoms with Gasteiger partial charge in [0, 0.05) is 0 Å². The molecule has 1 rings (SSSR count). The van der Waals surface area contributed by atoms with Crippen LogP contribution in [0.15, 0.2) is 29.8 Å². The third-order valence-electron chi connectivity index (χ3n) is 2.34. The molecule has 7 nitrogen and oxygen atoms in total. The summed E-state index contributed by atoms with van der Waals surface area (Å²) in [5.74, 6) is -2.49. The van der Waals surface area contributed by atoms with E-state index in [4.69, 9.17) is 9.84 Å². The van der Waals surface area contributed by atoms with Crippen molar-refractivity contribution in [3.8, 4) is 5.75 Å². The molecule has 0 aliphatic heterocycles. The van der Waals surface area contributed by atoms with Crippen LogP contribution in [0.3, 0.4) is 0 Å². The molecule has 0 aliphatic rings. The van der Waals surface area contributed by atoms with Gasteiger partial charge in [-0.1, -0.05) is 12.1 Å². The number of carbonyl (C=O) groups is 3. The molecule has 0 saturated carbocycles. The normalized spacial score (nSPS) is 9.43. The van der Waals surface area contributed by atoms with E-state index >= 15 is 0 Å². The molecular formula is C14H14O7. The lowest BCUT2D eigenvalue weighted by molar-refractivity contribution is -0.144. The first-order valence-electron chi connectivity index (χ1n) is 5.81. The molecule has 0 amide bonds. The Morgan fingerprint density at radius 3 is 2.29 bits per heavy atom. The zero-order valence-corrected chi connectivity index (χ0v) is 11.5. The van der Waals surface area contributed by atoms with Gasteiger partial charge >= 0.3 is 17.9 Å². The van der Waals surface area contributed by atoms with E-state index in [2.05, 4.69) is 9.47 Å². The zero-order chi connectivity index (χ0) is 15.8. The number of ether oxygens (including phenoxy) is 3. The van der Waals surface area contributed by atoms with E-state index in [-0.39, 0.29) is 5.57 Å². The van der Waals surface area contributed by atoms with Gasteiger partial charge in [0.05, 0.1) is 14.2 Å². The number of benzene rings is 1. The minimum atomic E-state index is -1.11. The lowest BCUT2D eigenvalue weighted by atomic mass is 10.1. The van der Waals surface area contributed by atoms with E-state index < -0.39 is 24.5 Å². The van der Waals surface area contributed by atoms with Crippen molar-refractivity contribution < 1.29 is 33.7 Å². The van der Waals surface area contributed by atoms with Crippen LogP contribution >= 0.6 is 0 Å². The van der Waals surface area contributed by atoms with Gasteiger partial charge in [-0.3, -0.25) is 0 Å². The topological polar surface area (TPSA) is 99.1 Å². The highest BCUT2D eigenvalue weighted by Crippen LogP contribution is 2.17. The molecule has 0 heterocycles. The van der Waals surface area contributed by atoms with Gasteiger partial charge in [-0.05, 0) is 23.8 Å². The van der Waals surface area contributed by atoms with Gasteiger partial charge in [-0.15, -0.1) is 0 Å². The maximum Gasteiger partial charge on any atom is 0.345 e. The van der Waals surface area contributed by atoms with Crippen LogP contribution in [-0.4, -0.2) is 43.8 Å². The van der Waals surface area contributed by atoms with Crippen molar-refractivity contribution in [2.24, 2.45) is 0 Å². The Bertz CT molecular complexity index is 556. The highest BCUT2D eigenvalue weighted by atomic mass is 16.5. The predicted octanol–water partition coefficient (Wildman–Crippen LogP) is 0.879. The molecule has 1 aromatic rings. The Morgan fingerprint density at radius 2 is 1.76 bits per heavy atom. The molecule has 0 unspecified atom stereocenters. The van der Waals surface area contributed by atoms with Gasteiger partial charge in [-0.25, -0.2) is 14.4 Å². The number of esters is 2. The first-order chi connectivity index (χ1) is 9.97. The summed E-state index contributed by atoms with van der Waals surface area (Å²) < 4.78 is 14.0. The minimum Gasteiger partial charge on any atom is -0.482 e. The molecule has 0 aliphatic carbocycles. The lowest BCUT2D eigenvalue weighted by Gasteiger charge is -2.06. The second-order valence-corrected chi connectivity index (χ2v) is 3.80. The summed E-state index contributed by atoms with van der Waals surface area (Å²) in [5, 5.41) is 8.54. The fraction of sp³-hybridized carbons (Fsp3) is 0.214. The molecule has 1 aromatic carbocycles. The summed E-state index contributed by atoms with van der Waals surface area (Å²) in [7, 11) is 2.29. The Kier molecular flexibility index (Phi) is 5.94. The number of hydrogen-bond donors (Lipinski definition) is 1. The van der Waals surface area contributed by atoms with Crippen LogP contribution in [0.25, 0.3) is 6.08 Å². The number of methoxy groups -OCH3 is 2. The summed E-state index contributed by atoms with van der Waals surface area (Å²) in [6, 6.07) is 6.24. The van der Waals surface area contributed by atoms with Crippen molar-refractivity contribution in [1.29, 1.82) is 0 Å². The summed E-state index contributed by atoms with van der Waals surface area (Å²) in [6.07, 6.45) is 1.27. The summed E-state index contributed by atoms with van der Waals surface area (Å²) in [6.45, 7) is -0.492. The lowest BCUT2D eigenvalue weighted by Crippen LogP contribution is -2.15. The highest BCUT2D eigenvalue weighted by Gasteiger charge is 2.19. The van der Waals surface area contributed by atoms with Crippen molar-refractivity contribution >= 4 is 24.0 Å². The van der Waals surface area contributed by atoms with Crippen LogP contribution in [0.4, 0.5) is 0 Å². The molecule has 112 valence electrons. The van der Waals surface area contributed by atoms with Gasteiger partial charge < -0.3 is 19.3 Å². The van der Waals surface area contributed by atoms with Gasteiger partial charge in [0.2, 0.25) is 0 Å². The molecule has 0 aromatic heterocycles. The number of hydrogen-bond acceptors (Lipinski definition) is 6. The Morgan fingerprint density at radius 1 is 1.14 bits per heavy atom. The van der Waals surface area contributed by atoms with Crippen molar-refractivity contribution in [2.45, 2.75) is 0 Å².